The molecule has 1 aliphatic heterocycles. The first kappa shape index (κ1) is 22.8. The van der Waals surface area contributed by atoms with Crippen LogP contribution in [0.15, 0.2) is 64.0 Å². The standard InChI is InChI=1S/C22H19F2N7O3S/c23-15-7-4-8-16(24)19(15)35(32,33)31-11-9-30(10-12-31)17-13-26-20(25)18(27-17)22-29-28-21(34-22)14-5-2-1-3-6-14/h1-8,13H,9-12H2,(H2,25,26). The fraction of sp³-hybridized carbons (Fsp3) is 0.182. The molecule has 1 aliphatic rings. The van der Waals surface area contributed by atoms with Gasteiger partial charge < -0.3 is 15.1 Å². The minimum atomic E-state index is -4.34. The minimum Gasteiger partial charge on any atom is -0.414 e. The third kappa shape index (κ3) is 4.31. The maximum Gasteiger partial charge on any atom is 0.270 e. The Hall–Kier alpha value is -3.97. The van der Waals surface area contributed by atoms with Gasteiger partial charge in [0.25, 0.3) is 5.89 Å². The molecule has 2 N–H and O–H groups in total. The summed E-state index contributed by atoms with van der Waals surface area (Å²) in [5.74, 6) is -1.36. The molecule has 5 rings (SSSR count). The van der Waals surface area contributed by atoms with Crippen molar-refractivity contribution in [3.8, 4) is 23.0 Å². The van der Waals surface area contributed by atoms with Crippen LogP contribution in [0.3, 0.4) is 0 Å². The van der Waals surface area contributed by atoms with Crippen LogP contribution in [0.25, 0.3) is 23.0 Å². The Bertz CT molecular complexity index is 1450. The molecule has 4 aromatic rings. The SMILES string of the molecule is Nc1ncc(N2CCN(S(=O)(=O)c3c(F)cccc3F)CC2)nc1-c1nnc(-c2ccccc2)o1. The van der Waals surface area contributed by atoms with Gasteiger partial charge in [-0.25, -0.2) is 27.2 Å². The van der Waals surface area contributed by atoms with Crippen molar-refractivity contribution < 1.29 is 21.6 Å². The molecule has 0 atom stereocenters. The molecule has 3 heterocycles. The molecule has 0 aliphatic carbocycles. The number of sulfonamides is 1. The van der Waals surface area contributed by atoms with Gasteiger partial charge in [0.2, 0.25) is 15.9 Å². The van der Waals surface area contributed by atoms with Gasteiger partial charge in [0.15, 0.2) is 16.4 Å². The Kier molecular flexibility index (Phi) is 5.86. The highest BCUT2D eigenvalue weighted by molar-refractivity contribution is 7.89. The number of aromatic nitrogens is 4. The highest BCUT2D eigenvalue weighted by Crippen LogP contribution is 2.28. The predicted molar refractivity (Wildman–Crippen MR) is 123 cm³/mol. The number of nitrogens with zero attached hydrogens (tertiary/aromatic N) is 6. The molecular weight excluding hydrogens is 480 g/mol. The topological polar surface area (TPSA) is 131 Å². The molecule has 0 amide bonds. The molecule has 0 radical (unpaired) electrons. The summed E-state index contributed by atoms with van der Waals surface area (Å²) in [5.41, 5.74) is 6.92. The highest BCUT2D eigenvalue weighted by Gasteiger charge is 2.33. The van der Waals surface area contributed by atoms with E-state index in [1.807, 2.05) is 30.3 Å². The van der Waals surface area contributed by atoms with E-state index in [0.717, 1.165) is 28.1 Å². The molecular formula is C22H19F2N7O3S. The Morgan fingerprint density at radius 2 is 1.54 bits per heavy atom. The van der Waals surface area contributed by atoms with E-state index in [0.29, 0.717) is 11.7 Å². The van der Waals surface area contributed by atoms with Gasteiger partial charge >= 0.3 is 0 Å². The number of piperazine rings is 1. The van der Waals surface area contributed by atoms with Crippen molar-refractivity contribution in [3.05, 3.63) is 66.4 Å². The fourth-order valence-electron chi connectivity index (χ4n) is 3.73. The molecule has 0 saturated carbocycles. The Morgan fingerprint density at radius 3 is 2.23 bits per heavy atom. The summed E-state index contributed by atoms with van der Waals surface area (Å²) >= 11 is 0. The molecule has 1 saturated heterocycles. The quantitative estimate of drug-likeness (QED) is 0.440. The fourth-order valence-corrected chi connectivity index (χ4v) is 5.26. The summed E-state index contributed by atoms with van der Waals surface area (Å²) < 4.78 is 60.6. The van der Waals surface area contributed by atoms with Gasteiger partial charge in [0, 0.05) is 31.7 Å². The van der Waals surface area contributed by atoms with Crippen LogP contribution in [-0.2, 0) is 10.0 Å². The smallest absolute Gasteiger partial charge is 0.270 e. The largest absolute Gasteiger partial charge is 0.414 e. The lowest BCUT2D eigenvalue weighted by Crippen LogP contribution is -2.49. The molecule has 0 unspecified atom stereocenters. The predicted octanol–water partition coefficient (Wildman–Crippen LogP) is 2.56. The van der Waals surface area contributed by atoms with E-state index < -0.39 is 26.6 Å². The van der Waals surface area contributed by atoms with Gasteiger partial charge in [-0.15, -0.1) is 10.2 Å². The van der Waals surface area contributed by atoms with E-state index in [9.17, 15) is 17.2 Å². The molecule has 13 heteroatoms. The minimum absolute atomic E-state index is 0.00376. The van der Waals surface area contributed by atoms with Crippen molar-refractivity contribution in [2.75, 3.05) is 36.8 Å². The second-order valence-corrected chi connectivity index (χ2v) is 9.56. The van der Waals surface area contributed by atoms with Crippen molar-refractivity contribution in [2.24, 2.45) is 0 Å². The Labute approximate surface area is 199 Å². The van der Waals surface area contributed by atoms with Crippen molar-refractivity contribution in [1.29, 1.82) is 0 Å². The molecule has 10 nitrogen and oxygen atoms in total. The lowest BCUT2D eigenvalue weighted by molar-refractivity contribution is 0.377. The second kappa shape index (κ2) is 9.00. The summed E-state index contributed by atoms with van der Waals surface area (Å²) in [4.78, 5) is 9.50. The maximum absolute atomic E-state index is 14.1. The molecule has 180 valence electrons. The van der Waals surface area contributed by atoms with Crippen LogP contribution >= 0.6 is 0 Å². The first-order valence-corrected chi connectivity index (χ1v) is 12.0. The van der Waals surface area contributed by atoms with Gasteiger partial charge in [-0.3, -0.25) is 0 Å². The van der Waals surface area contributed by atoms with Crippen LogP contribution in [0.4, 0.5) is 20.4 Å². The highest BCUT2D eigenvalue weighted by atomic mass is 32.2. The zero-order valence-electron chi connectivity index (χ0n) is 18.2. The number of nitrogens with two attached hydrogens (primary N) is 1. The Balaban J connectivity index is 1.35. The summed E-state index contributed by atoms with van der Waals surface area (Å²) in [6.45, 7) is 0.422. The molecule has 0 bridgehead atoms. The third-order valence-corrected chi connectivity index (χ3v) is 7.47. The van der Waals surface area contributed by atoms with E-state index in [1.165, 1.54) is 6.20 Å². The number of anilines is 2. The zero-order chi connectivity index (χ0) is 24.6. The summed E-state index contributed by atoms with van der Waals surface area (Å²) in [6.07, 6.45) is 1.45. The third-order valence-electron chi connectivity index (χ3n) is 5.52. The summed E-state index contributed by atoms with van der Waals surface area (Å²) in [7, 11) is -4.34. The van der Waals surface area contributed by atoms with Crippen molar-refractivity contribution in [3.63, 3.8) is 0 Å². The van der Waals surface area contributed by atoms with E-state index >= 15 is 0 Å². The van der Waals surface area contributed by atoms with E-state index in [1.54, 1.807) is 4.90 Å². The van der Waals surface area contributed by atoms with Crippen LogP contribution in [0.2, 0.25) is 0 Å². The number of benzene rings is 2. The second-order valence-electron chi connectivity index (χ2n) is 7.68. The van der Waals surface area contributed by atoms with Crippen LogP contribution < -0.4 is 10.6 Å². The van der Waals surface area contributed by atoms with Crippen LogP contribution in [0.5, 0.6) is 0 Å². The average Bonchev–Trinajstić information content (AvgIpc) is 3.35. The van der Waals surface area contributed by atoms with E-state index in [2.05, 4.69) is 20.2 Å². The number of rotatable bonds is 5. The van der Waals surface area contributed by atoms with Crippen molar-refractivity contribution in [2.45, 2.75) is 4.90 Å². The molecule has 35 heavy (non-hydrogen) atoms. The molecule has 2 aromatic heterocycles. The van der Waals surface area contributed by atoms with Gasteiger partial charge in [-0.05, 0) is 24.3 Å². The van der Waals surface area contributed by atoms with Crippen LogP contribution in [-0.4, -0.2) is 59.1 Å². The first-order valence-electron chi connectivity index (χ1n) is 10.6. The number of hydrogen-bond acceptors (Lipinski definition) is 9. The normalized spacial score (nSPS) is 14.9. The van der Waals surface area contributed by atoms with Crippen LogP contribution in [0.1, 0.15) is 0 Å². The van der Waals surface area contributed by atoms with Crippen molar-refractivity contribution in [1.82, 2.24) is 24.5 Å². The monoisotopic (exact) mass is 499 g/mol. The number of nitrogen functional groups attached to an aromatic ring is 1. The summed E-state index contributed by atoms with van der Waals surface area (Å²) in [6, 6.07) is 12.1. The number of hydrogen-bond donors (Lipinski definition) is 1. The molecule has 2 aromatic carbocycles. The first-order chi connectivity index (χ1) is 16.8. The maximum atomic E-state index is 14.1. The molecule has 1 fully saturated rings. The zero-order valence-corrected chi connectivity index (χ0v) is 19.0. The van der Waals surface area contributed by atoms with E-state index in [-0.39, 0.29) is 43.6 Å². The van der Waals surface area contributed by atoms with Gasteiger partial charge in [0.05, 0.1) is 6.20 Å². The lowest BCUT2D eigenvalue weighted by atomic mass is 10.2. The average molecular weight is 500 g/mol. The number of halogens is 2. The Morgan fingerprint density at radius 1 is 0.886 bits per heavy atom. The van der Waals surface area contributed by atoms with Gasteiger partial charge in [-0.2, -0.15) is 4.31 Å². The molecule has 0 spiro atoms. The van der Waals surface area contributed by atoms with Gasteiger partial charge in [0.1, 0.15) is 17.5 Å². The van der Waals surface area contributed by atoms with Crippen LogP contribution in [0, 0.1) is 11.6 Å². The lowest BCUT2D eigenvalue weighted by Gasteiger charge is -2.34. The van der Waals surface area contributed by atoms with E-state index in [4.69, 9.17) is 10.2 Å². The van der Waals surface area contributed by atoms with Crippen molar-refractivity contribution >= 4 is 21.7 Å². The summed E-state index contributed by atoms with van der Waals surface area (Å²) in [5, 5.41) is 8.07. The van der Waals surface area contributed by atoms with Gasteiger partial charge in [-0.1, -0.05) is 24.3 Å².